The molecule has 28 heavy (non-hydrogen) atoms. The number of hydrogen-bond donors (Lipinski definition) is 1. The molecule has 1 amide bonds. The number of nitrogens with zero attached hydrogens (tertiary/aromatic N) is 2. The van der Waals surface area contributed by atoms with Crippen LogP contribution < -0.4 is 5.32 Å². The number of amides is 1. The number of benzene rings is 2. The zero-order valence-corrected chi connectivity index (χ0v) is 15.5. The molecule has 6 heteroatoms. The smallest absolute Gasteiger partial charge is 0.274 e. The minimum absolute atomic E-state index is 0.185. The van der Waals surface area contributed by atoms with Crippen LogP contribution in [0, 0.1) is 0 Å². The molecule has 0 aliphatic heterocycles. The van der Waals surface area contributed by atoms with Gasteiger partial charge in [0.2, 0.25) is 0 Å². The average molecular weight is 390 g/mol. The Kier molecular flexibility index (Phi) is 5.17. The van der Waals surface area contributed by atoms with Crippen LogP contribution in [0.3, 0.4) is 0 Å². The average Bonchev–Trinajstić information content (AvgIpc) is 3.23. The molecule has 5 nitrogen and oxygen atoms in total. The lowest BCUT2D eigenvalue weighted by molar-refractivity contribution is 0.0934. The van der Waals surface area contributed by atoms with Crippen molar-refractivity contribution in [2.24, 2.45) is 0 Å². The third kappa shape index (κ3) is 3.80. The van der Waals surface area contributed by atoms with Crippen LogP contribution in [0.2, 0.25) is 5.02 Å². The van der Waals surface area contributed by atoms with E-state index in [1.165, 1.54) is 0 Å². The van der Waals surface area contributed by atoms with Crippen molar-refractivity contribution in [2.75, 3.05) is 0 Å². The van der Waals surface area contributed by atoms with Gasteiger partial charge < -0.3 is 9.84 Å². The fraction of sp³-hybridized carbons (Fsp3) is 0.0455. The Morgan fingerprint density at radius 2 is 1.61 bits per heavy atom. The number of nitrogens with one attached hydrogen (secondary N) is 1. The number of carbonyl (C=O) groups is 1. The van der Waals surface area contributed by atoms with E-state index in [4.69, 9.17) is 16.1 Å². The molecule has 1 atom stereocenters. The highest BCUT2D eigenvalue weighted by Gasteiger charge is 2.21. The Morgan fingerprint density at radius 1 is 0.929 bits per heavy atom. The lowest BCUT2D eigenvalue weighted by atomic mass is 9.99. The normalized spacial score (nSPS) is 11.8. The Labute approximate surface area is 167 Å². The predicted molar refractivity (Wildman–Crippen MR) is 107 cm³/mol. The number of halogens is 1. The van der Waals surface area contributed by atoms with Gasteiger partial charge in [-0.3, -0.25) is 9.78 Å². The maximum atomic E-state index is 12.8. The van der Waals surface area contributed by atoms with Crippen molar-refractivity contribution in [1.82, 2.24) is 15.5 Å². The maximum Gasteiger partial charge on any atom is 0.274 e. The summed E-state index contributed by atoms with van der Waals surface area (Å²) in [5, 5.41) is 7.47. The van der Waals surface area contributed by atoms with Gasteiger partial charge in [-0.1, -0.05) is 59.2 Å². The summed E-state index contributed by atoms with van der Waals surface area (Å²) >= 11 is 6.20. The van der Waals surface area contributed by atoms with E-state index in [9.17, 15) is 4.79 Å². The van der Waals surface area contributed by atoms with Crippen molar-refractivity contribution < 1.29 is 9.32 Å². The number of hydrogen-bond acceptors (Lipinski definition) is 4. The van der Waals surface area contributed by atoms with Crippen LogP contribution in [0.25, 0.3) is 11.3 Å². The molecule has 4 rings (SSSR count). The Morgan fingerprint density at radius 3 is 2.36 bits per heavy atom. The summed E-state index contributed by atoms with van der Waals surface area (Å²) in [5.74, 6) is 0.101. The van der Waals surface area contributed by atoms with Gasteiger partial charge in [-0.2, -0.15) is 0 Å². The van der Waals surface area contributed by atoms with Gasteiger partial charge in [0, 0.05) is 24.0 Å². The number of pyridine rings is 1. The lowest BCUT2D eigenvalue weighted by Crippen LogP contribution is -2.29. The maximum absolute atomic E-state index is 12.8. The zero-order chi connectivity index (χ0) is 19.3. The SMILES string of the molecule is O=C(NC(c1ccccc1)c1ccncc1)c1cc(-c2ccccc2Cl)on1. The first-order valence-electron chi connectivity index (χ1n) is 8.70. The molecule has 0 aliphatic rings. The van der Waals surface area contributed by atoms with E-state index in [0.717, 1.165) is 11.1 Å². The molecule has 0 fully saturated rings. The fourth-order valence-corrected chi connectivity index (χ4v) is 3.16. The standard InChI is InChI=1S/C22H16ClN3O2/c23-18-9-5-4-8-17(18)20-14-19(26-28-20)22(27)25-21(15-6-2-1-3-7-15)16-10-12-24-13-11-16/h1-14,21H,(H,25,27). The van der Waals surface area contributed by atoms with Crippen molar-refractivity contribution >= 4 is 17.5 Å². The Balaban J connectivity index is 1.61. The predicted octanol–water partition coefficient (Wildman–Crippen LogP) is 4.91. The molecule has 1 N–H and O–H groups in total. The van der Waals surface area contributed by atoms with Gasteiger partial charge in [0.1, 0.15) is 0 Å². The topological polar surface area (TPSA) is 68.0 Å². The van der Waals surface area contributed by atoms with Crippen molar-refractivity contribution in [2.45, 2.75) is 6.04 Å². The summed E-state index contributed by atoms with van der Waals surface area (Å²) in [6.07, 6.45) is 3.39. The first-order chi connectivity index (χ1) is 13.7. The van der Waals surface area contributed by atoms with Gasteiger partial charge in [-0.05, 0) is 35.4 Å². The van der Waals surface area contributed by atoms with Crippen LogP contribution in [0.15, 0.2) is 89.7 Å². The van der Waals surface area contributed by atoms with Crippen LogP contribution in [0.4, 0.5) is 0 Å². The summed E-state index contributed by atoms with van der Waals surface area (Å²) in [6, 6.07) is 22.0. The highest BCUT2D eigenvalue weighted by Crippen LogP contribution is 2.28. The molecule has 2 aromatic heterocycles. The third-order valence-corrected chi connectivity index (χ3v) is 4.66. The Bertz CT molecular complexity index is 1040. The summed E-state index contributed by atoms with van der Waals surface area (Å²) < 4.78 is 5.34. The molecule has 0 bridgehead atoms. The van der Waals surface area contributed by atoms with Gasteiger partial charge in [0.05, 0.1) is 11.1 Å². The summed E-state index contributed by atoms with van der Waals surface area (Å²) in [7, 11) is 0. The first kappa shape index (κ1) is 17.9. The first-order valence-corrected chi connectivity index (χ1v) is 9.07. The summed E-state index contributed by atoms with van der Waals surface area (Å²) in [4.78, 5) is 16.9. The molecule has 0 spiro atoms. The Hall–Kier alpha value is -3.44. The minimum atomic E-state index is -0.340. The van der Waals surface area contributed by atoms with Crippen LogP contribution in [-0.2, 0) is 0 Å². The second kappa shape index (κ2) is 8.06. The van der Waals surface area contributed by atoms with E-state index >= 15 is 0 Å². The molecule has 0 saturated heterocycles. The van der Waals surface area contributed by atoms with Gasteiger partial charge in [0.15, 0.2) is 11.5 Å². The molecule has 4 aromatic rings. The van der Waals surface area contributed by atoms with E-state index in [1.807, 2.05) is 60.7 Å². The molecule has 2 aromatic carbocycles. The minimum Gasteiger partial charge on any atom is -0.355 e. The van der Waals surface area contributed by atoms with Crippen LogP contribution >= 0.6 is 11.6 Å². The second-order valence-corrected chi connectivity index (χ2v) is 6.56. The number of rotatable bonds is 5. The molecular formula is C22H16ClN3O2. The number of carbonyl (C=O) groups excluding carboxylic acids is 1. The van der Waals surface area contributed by atoms with Gasteiger partial charge in [-0.15, -0.1) is 0 Å². The molecule has 1 unspecified atom stereocenters. The molecule has 0 saturated carbocycles. The molecular weight excluding hydrogens is 374 g/mol. The lowest BCUT2D eigenvalue weighted by Gasteiger charge is -2.19. The van der Waals surface area contributed by atoms with Crippen molar-refractivity contribution in [1.29, 1.82) is 0 Å². The number of aromatic nitrogens is 2. The van der Waals surface area contributed by atoms with E-state index in [0.29, 0.717) is 16.3 Å². The molecule has 0 aliphatic carbocycles. The van der Waals surface area contributed by atoms with Gasteiger partial charge in [0.25, 0.3) is 5.91 Å². The highest BCUT2D eigenvalue weighted by molar-refractivity contribution is 6.33. The van der Waals surface area contributed by atoms with Gasteiger partial charge in [-0.25, -0.2) is 0 Å². The van der Waals surface area contributed by atoms with Crippen LogP contribution in [0.1, 0.15) is 27.7 Å². The third-order valence-electron chi connectivity index (χ3n) is 4.33. The van der Waals surface area contributed by atoms with Crippen LogP contribution in [-0.4, -0.2) is 16.0 Å². The zero-order valence-electron chi connectivity index (χ0n) is 14.7. The van der Waals surface area contributed by atoms with E-state index in [-0.39, 0.29) is 17.6 Å². The van der Waals surface area contributed by atoms with E-state index in [1.54, 1.807) is 24.5 Å². The van der Waals surface area contributed by atoms with E-state index in [2.05, 4.69) is 15.5 Å². The summed E-state index contributed by atoms with van der Waals surface area (Å²) in [5.41, 5.74) is 2.75. The van der Waals surface area contributed by atoms with Crippen molar-refractivity contribution in [3.8, 4) is 11.3 Å². The highest BCUT2D eigenvalue weighted by atomic mass is 35.5. The molecule has 0 radical (unpaired) electrons. The summed E-state index contributed by atoms with van der Waals surface area (Å²) in [6.45, 7) is 0. The van der Waals surface area contributed by atoms with Crippen molar-refractivity contribution in [3.63, 3.8) is 0 Å². The largest absolute Gasteiger partial charge is 0.355 e. The molecule has 138 valence electrons. The monoisotopic (exact) mass is 389 g/mol. The second-order valence-electron chi connectivity index (χ2n) is 6.15. The molecule has 2 heterocycles. The fourth-order valence-electron chi connectivity index (χ4n) is 2.94. The van der Waals surface area contributed by atoms with Crippen molar-refractivity contribution in [3.05, 3.63) is 107 Å². The quantitative estimate of drug-likeness (QED) is 0.526. The van der Waals surface area contributed by atoms with Crippen LogP contribution in [0.5, 0.6) is 0 Å². The van der Waals surface area contributed by atoms with Gasteiger partial charge >= 0.3 is 0 Å². The van der Waals surface area contributed by atoms with E-state index < -0.39 is 0 Å².